The maximum Gasteiger partial charge on any atom is 0.0304 e. The van der Waals surface area contributed by atoms with Gasteiger partial charge in [0.15, 0.2) is 0 Å². The van der Waals surface area contributed by atoms with Gasteiger partial charge in [-0.25, -0.2) is 0 Å². The lowest BCUT2D eigenvalue weighted by Crippen LogP contribution is -2.51. The molecule has 18 heavy (non-hydrogen) atoms. The van der Waals surface area contributed by atoms with Gasteiger partial charge in [0.05, 0.1) is 0 Å². The Labute approximate surface area is 114 Å². The molecular weight excluding hydrogens is 222 g/mol. The van der Waals surface area contributed by atoms with E-state index in [0.717, 1.165) is 6.54 Å². The summed E-state index contributed by atoms with van der Waals surface area (Å²) >= 11 is 0. The molecule has 108 valence electrons. The molecule has 0 bridgehead atoms. The van der Waals surface area contributed by atoms with Crippen molar-refractivity contribution in [3.63, 3.8) is 0 Å². The lowest BCUT2D eigenvalue weighted by Gasteiger charge is -2.38. The first-order valence-electron chi connectivity index (χ1n) is 7.65. The van der Waals surface area contributed by atoms with Crippen molar-refractivity contribution in [3.05, 3.63) is 0 Å². The summed E-state index contributed by atoms with van der Waals surface area (Å²) in [7, 11) is 4.38. The van der Waals surface area contributed by atoms with Crippen LogP contribution in [0.4, 0.5) is 0 Å². The van der Waals surface area contributed by atoms with E-state index in [0.29, 0.717) is 6.04 Å². The fourth-order valence-electron chi connectivity index (χ4n) is 2.98. The lowest BCUT2D eigenvalue weighted by molar-refractivity contribution is 0.119. The second kappa shape index (κ2) is 7.46. The zero-order chi connectivity index (χ0) is 13.6. The third kappa shape index (κ3) is 4.22. The van der Waals surface area contributed by atoms with Crippen LogP contribution in [0.1, 0.15) is 52.4 Å². The number of hydrogen-bond acceptors (Lipinski definition) is 3. The van der Waals surface area contributed by atoms with Gasteiger partial charge in [0.1, 0.15) is 0 Å². The van der Waals surface area contributed by atoms with E-state index in [4.69, 9.17) is 5.73 Å². The summed E-state index contributed by atoms with van der Waals surface area (Å²) in [6.45, 7) is 7.82. The first kappa shape index (κ1) is 15.9. The summed E-state index contributed by atoms with van der Waals surface area (Å²) in [5.41, 5.74) is 6.29. The van der Waals surface area contributed by atoms with Gasteiger partial charge in [0, 0.05) is 31.2 Å². The predicted octanol–water partition coefficient (Wildman–Crippen LogP) is 2.31. The summed E-state index contributed by atoms with van der Waals surface area (Å²) in [6, 6.07) is 0.714. The Morgan fingerprint density at radius 1 is 1.28 bits per heavy atom. The third-order valence-electron chi connectivity index (χ3n) is 4.67. The Morgan fingerprint density at radius 2 is 2.00 bits per heavy atom. The van der Waals surface area contributed by atoms with Gasteiger partial charge in [0.2, 0.25) is 0 Å². The SMILES string of the molecule is CCCCCCC(C)(CN)N1CCC(N(C)C)C1. The highest BCUT2D eigenvalue weighted by Crippen LogP contribution is 2.27. The second-order valence-electron chi connectivity index (χ2n) is 6.36. The van der Waals surface area contributed by atoms with Crippen molar-refractivity contribution in [2.75, 3.05) is 33.7 Å². The Hall–Kier alpha value is -0.120. The Bertz CT molecular complexity index is 230. The smallest absolute Gasteiger partial charge is 0.0304 e. The molecular formula is C15H33N3. The van der Waals surface area contributed by atoms with Crippen molar-refractivity contribution in [1.82, 2.24) is 9.80 Å². The van der Waals surface area contributed by atoms with Crippen LogP contribution in [-0.4, -0.2) is 55.1 Å². The maximum atomic E-state index is 6.07. The molecule has 1 aliphatic heterocycles. The fourth-order valence-corrected chi connectivity index (χ4v) is 2.98. The molecule has 0 saturated carbocycles. The highest BCUT2D eigenvalue weighted by Gasteiger charge is 2.35. The second-order valence-corrected chi connectivity index (χ2v) is 6.36. The zero-order valence-corrected chi connectivity index (χ0v) is 12.9. The van der Waals surface area contributed by atoms with Crippen LogP contribution < -0.4 is 5.73 Å². The Morgan fingerprint density at radius 3 is 2.50 bits per heavy atom. The Kier molecular flexibility index (Phi) is 6.61. The molecule has 1 heterocycles. The highest BCUT2D eigenvalue weighted by molar-refractivity contribution is 4.94. The molecule has 0 aromatic rings. The molecule has 3 heteroatoms. The molecule has 1 saturated heterocycles. The number of unbranched alkanes of at least 4 members (excludes halogenated alkanes) is 3. The molecule has 2 N–H and O–H groups in total. The number of rotatable bonds is 8. The van der Waals surface area contributed by atoms with Gasteiger partial charge in [-0.3, -0.25) is 4.90 Å². The summed E-state index contributed by atoms with van der Waals surface area (Å²) in [5, 5.41) is 0. The Balaban J connectivity index is 2.43. The fraction of sp³-hybridized carbons (Fsp3) is 1.00. The van der Waals surface area contributed by atoms with Crippen molar-refractivity contribution < 1.29 is 0 Å². The van der Waals surface area contributed by atoms with E-state index in [1.807, 2.05) is 0 Å². The summed E-state index contributed by atoms with van der Waals surface area (Å²) in [5.74, 6) is 0. The molecule has 0 amide bonds. The highest BCUT2D eigenvalue weighted by atomic mass is 15.3. The van der Waals surface area contributed by atoms with Crippen molar-refractivity contribution in [1.29, 1.82) is 0 Å². The first-order chi connectivity index (χ1) is 8.53. The lowest BCUT2D eigenvalue weighted by atomic mass is 9.92. The standard InChI is InChI=1S/C15H33N3/c1-5-6-7-8-10-15(2,13-16)18-11-9-14(12-18)17(3)4/h14H,5-13,16H2,1-4H3. The van der Waals surface area contributed by atoms with Crippen LogP contribution in [-0.2, 0) is 0 Å². The van der Waals surface area contributed by atoms with Gasteiger partial charge in [-0.05, 0) is 33.9 Å². The summed E-state index contributed by atoms with van der Waals surface area (Å²) < 4.78 is 0. The predicted molar refractivity (Wildman–Crippen MR) is 79.9 cm³/mol. The van der Waals surface area contributed by atoms with E-state index in [-0.39, 0.29) is 5.54 Å². The molecule has 3 nitrogen and oxygen atoms in total. The number of likely N-dealkylation sites (N-methyl/N-ethyl adjacent to an activating group) is 1. The van der Waals surface area contributed by atoms with Gasteiger partial charge in [-0.2, -0.15) is 0 Å². The van der Waals surface area contributed by atoms with Crippen LogP contribution in [0.3, 0.4) is 0 Å². The molecule has 1 aliphatic rings. The summed E-state index contributed by atoms with van der Waals surface area (Å²) in [4.78, 5) is 4.98. The molecule has 0 aromatic heterocycles. The van der Waals surface area contributed by atoms with Crippen molar-refractivity contribution in [2.45, 2.75) is 64.0 Å². The van der Waals surface area contributed by atoms with E-state index in [2.05, 4.69) is 37.7 Å². The minimum absolute atomic E-state index is 0.221. The number of nitrogens with zero attached hydrogens (tertiary/aromatic N) is 2. The van der Waals surface area contributed by atoms with Gasteiger partial charge >= 0.3 is 0 Å². The average Bonchev–Trinajstić information content (AvgIpc) is 2.84. The largest absolute Gasteiger partial charge is 0.329 e. The van der Waals surface area contributed by atoms with Gasteiger partial charge < -0.3 is 10.6 Å². The average molecular weight is 255 g/mol. The van der Waals surface area contributed by atoms with Crippen molar-refractivity contribution in [3.8, 4) is 0 Å². The zero-order valence-electron chi connectivity index (χ0n) is 12.9. The van der Waals surface area contributed by atoms with E-state index < -0.39 is 0 Å². The molecule has 0 aromatic carbocycles. The number of hydrogen-bond donors (Lipinski definition) is 1. The van der Waals surface area contributed by atoms with Crippen molar-refractivity contribution in [2.24, 2.45) is 5.73 Å². The van der Waals surface area contributed by atoms with Gasteiger partial charge in [-0.15, -0.1) is 0 Å². The maximum absolute atomic E-state index is 6.07. The topological polar surface area (TPSA) is 32.5 Å². The van der Waals surface area contributed by atoms with Crippen LogP contribution in [0.15, 0.2) is 0 Å². The van der Waals surface area contributed by atoms with Gasteiger partial charge in [0.25, 0.3) is 0 Å². The van der Waals surface area contributed by atoms with E-state index >= 15 is 0 Å². The monoisotopic (exact) mass is 255 g/mol. The van der Waals surface area contributed by atoms with E-state index in [1.165, 1.54) is 51.6 Å². The van der Waals surface area contributed by atoms with E-state index in [1.54, 1.807) is 0 Å². The first-order valence-corrected chi connectivity index (χ1v) is 7.65. The van der Waals surface area contributed by atoms with Gasteiger partial charge in [-0.1, -0.05) is 32.6 Å². The van der Waals surface area contributed by atoms with E-state index in [9.17, 15) is 0 Å². The third-order valence-corrected chi connectivity index (χ3v) is 4.67. The molecule has 2 atom stereocenters. The molecule has 1 rings (SSSR count). The normalized spacial score (nSPS) is 24.7. The van der Waals surface area contributed by atoms with Crippen LogP contribution in [0.5, 0.6) is 0 Å². The number of nitrogens with two attached hydrogens (primary N) is 1. The summed E-state index contributed by atoms with van der Waals surface area (Å²) in [6.07, 6.45) is 7.90. The van der Waals surface area contributed by atoms with Crippen LogP contribution in [0.2, 0.25) is 0 Å². The quantitative estimate of drug-likeness (QED) is 0.676. The molecule has 1 fully saturated rings. The van der Waals surface area contributed by atoms with Crippen LogP contribution >= 0.6 is 0 Å². The minimum Gasteiger partial charge on any atom is -0.329 e. The van der Waals surface area contributed by atoms with Crippen molar-refractivity contribution >= 4 is 0 Å². The molecule has 0 aliphatic carbocycles. The van der Waals surface area contributed by atoms with Crippen LogP contribution in [0, 0.1) is 0 Å². The molecule has 0 spiro atoms. The van der Waals surface area contributed by atoms with Crippen LogP contribution in [0.25, 0.3) is 0 Å². The molecule has 0 radical (unpaired) electrons. The number of likely N-dealkylation sites (tertiary alicyclic amines) is 1. The molecule has 2 unspecified atom stereocenters. The minimum atomic E-state index is 0.221.